The van der Waals surface area contributed by atoms with Gasteiger partial charge in [-0.25, -0.2) is 4.39 Å². The van der Waals surface area contributed by atoms with Gasteiger partial charge < -0.3 is 4.74 Å². The number of methoxy groups -OCH3 is 1. The first-order valence-electron chi connectivity index (χ1n) is 6.17. The van der Waals surface area contributed by atoms with Gasteiger partial charge in [0.1, 0.15) is 17.3 Å². The summed E-state index contributed by atoms with van der Waals surface area (Å²) in [4.78, 5) is 12.1. The van der Waals surface area contributed by atoms with Crippen molar-refractivity contribution < 1.29 is 13.9 Å². The average molecular weight is 337 g/mol. The molecule has 0 heterocycles. The van der Waals surface area contributed by atoms with E-state index in [0.717, 1.165) is 15.8 Å². The van der Waals surface area contributed by atoms with Crippen molar-refractivity contribution in [1.82, 2.24) is 0 Å². The van der Waals surface area contributed by atoms with Crippen LogP contribution in [0, 0.1) is 5.82 Å². The molecule has 0 atom stereocenters. The fourth-order valence-electron chi connectivity index (χ4n) is 1.96. The largest absolute Gasteiger partial charge is 0.497 e. The number of halogens is 2. The highest BCUT2D eigenvalue weighted by molar-refractivity contribution is 9.10. The Labute approximate surface area is 125 Å². The molecule has 0 amide bonds. The van der Waals surface area contributed by atoms with Crippen LogP contribution < -0.4 is 4.74 Å². The van der Waals surface area contributed by atoms with Crippen molar-refractivity contribution in [2.45, 2.75) is 12.8 Å². The summed E-state index contributed by atoms with van der Waals surface area (Å²) in [6, 6.07) is 11.7. The molecule has 2 aromatic carbocycles. The molecular weight excluding hydrogens is 323 g/mol. The van der Waals surface area contributed by atoms with Crippen LogP contribution in [0.5, 0.6) is 5.75 Å². The Bertz CT molecular complexity index is 626. The quantitative estimate of drug-likeness (QED) is 0.826. The monoisotopic (exact) mass is 336 g/mol. The topological polar surface area (TPSA) is 26.3 Å². The lowest BCUT2D eigenvalue weighted by molar-refractivity contribution is -0.117. The van der Waals surface area contributed by atoms with Gasteiger partial charge in [-0.1, -0.05) is 28.1 Å². The predicted octanol–water partition coefficient (Wildman–Crippen LogP) is 3.95. The number of carbonyl (C=O) groups excluding carboxylic acids is 1. The summed E-state index contributed by atoms with van der Waals surface area (Å²) in [5.41, 5.74) is 1.56. The summed E-state index contributed by atoms with van der Waals surface area (Å²) in [5, 5.41) is 0. The van der Waals surface area contributed by atoms with Crippen molar-refractivity contribution in [2.75, 3.05) is 7.11 Å². The fourth-order valence-corrected chi connectivity index (χ4v) is 2.35. The lowest BCUT2D eigenvalue weighted by Crippen LogP contribution is -2.07. The summed E-state index contributed by atoms with van der Waals surface area (Å²) in [6.45, 7) is 0. The van der Waals surface area contributed by atoms with Crippen molar-refractivity contribution in [1.29, 1.82) is 0 Å². The van der Waals surface area contributed by atoms with E-state index in [2.05, 4.69) is 15.9 Å². The van der Waals surface area contributed by atoms with E-state index < -0.39 is 0 Å². The Morgan fingerprint density at radius 1 is 1.20 bits per heavy atom. The number of benzene rings is 2. The Hall–Kier alpha value is -1.68. The molecule has 0 aromatic heterocycles. The minimum absolute atomic E-state index is 0.0320. The molecule has 2 nitrogen and oxygen atoms in total. The van der Waals surface area contributed by atoms with E-state index in [1.165, 1.54) is 12.1 Å². The van der Waals surface area contributed by atoms with E-state index in [0.29, 0.717) is 12.0 Å². The van der Waals surface area contributed by atoms with Crippen molar-refractivity contribution in [3.63, 3.8) is 0 Å². The summed E-state index contributed by atoms with van der Waals surface area (Å²) in [6.07, 6.45) is 0.510. The number of hydrogen-bond donors (Lipinski definition) is 0. The molecule has 0 aliphatic carbocycles. The number of ketones is 1. The minimum atomic E-state index is -0.336. The molecule has 0 saturated carbocycles. The molecule has 4 heteroatoms. The molecule has 0 saturated heterocycles. The van der Waals surface area contributed by atoms with Gasteiger partial charge in [-0.2, -0.15) is 0 Å². The number of carbonyl (C=O) groups is 1. The first-order valence-corrected chi connectivity index (χ1v) is 6.96. The van der Waals surface area contributed by atoms with Crippen LogP contribution in [0.15, 0.2) is 46.9 Å². The maximum absolute atomic E-state index is 13.2. The van der Waals surface area contributed by atoms with Crippen molar-refractivity contribution in [2.24, 2.45) is 0 Å². The Morgan fingerprint density at radius 2 is 2.00 bits per heavy atom. The maximum atomic E-state index is 13.2. The number of Topliss-reactive ketones (excluding diaryl/α,β-unsaturated/α-hetero) is 1. The minimum Gasteiger partial charge on any atom is -0.497 e. The third-order valence-corrected chi connectivity index (χ3v) is 3.70. The van der Waals surface area contributed by atoms with Crippen LogP contribution in [0.2, 0.25) is 0 Å². The van der Waals surface area contributed by atoms with Crippen LogP contribution >= 0.6 is 15.9 Å². The molecule has 0 N–H and O–H groups in total. The van der Waals surface area contributed by atoms with Gasteiger partial charge in [0.25, 0.3) is 0 Å². The summed E-state index contributed by atoms with van der Waals surface area (Å²) in [5.74, 6) is 0.421. The molecule has 0 bridgehead atoms. The van der Waals surface area contributed by atoms with Gasteiger partial charge in [0.05, 0.1) is 7.11 Å². The molecule has 0 radical (unpaired) electrons. The molecule has 0 unspecified atom stereocenters. The smallest absolute Gasteiger partial charge is 0.141 e. The van der Waals surface area contributed by atoms with Crippen molar-refractivity contribution in [3.05, 3.63) is 63.9 Å². The summed E-state index contributed by atoms with van der Waals surface area (Å²) in [7, 11) is 1.59. The Kier molecular flexibility index (Phi) is 4.90. The molecule has 2 aromatic rings. The van der Waals surface area contributed by atoms with Crippen LogP contribution in [0.1, 0.15) is 11.1 Å². The molecule has 20 heavy (non-hydrogen) atoms. The first kappa shape index (κ1) is 14.7. The van der Waals surface area contributed by atoms with Gasteiger partial charge in [-0.15, -0.1) is 0 Å². The maximum Gasteiger partial charge on any atom is 0.141 e. The molecule has 0 aliphatic rings. The van der Waals surface area contributed by atoms with Crippen molar-refractivity contribution in [3.8, 4) is 5.75 Å². The van der Waals surface area contributed by atoms with Gasteiger partial charge in [-0.05, 0) is 41.5 Å². The van der Waals surface area contributed by atoms with Gasteiger partial charge >= 0.3 is 0 Å². The standard InChI is InChI=1S/C16H14BrFO2/c1-20-15-4-2-3-11(8-15)7-14(19)10-12-9-13(18)5-6-16(12)17/h2-6,8-9H,7,10H2,1H3. The lowest BCUT2D eigenvalue weighted by Gasteiger charge is -2.06. The second-order valence-corrected chi connectivity index (χ2v) is 5.33. The van der Waals surface area contributed by atoms with Crippen LogP contribution in [0.3, 0.4) is 0 Å². The van der Waals surface area contributed by atoms with Gasteiger partial charge in [0, 0.05) is 17.3 Å². The lowest BCUT2D eigenvalue weighted by atomic mass is 10.0. The van der Waals surface area contributed by atoms with Crippen LogP contribution in [0.25, 0.3) is 0 Å². The highest BCUT2D eigenvalue weighted by atomic mass is 79.9. The number of ether oxygens (including phenoxy) is 1. The average Bonchev–Trinajstić information content (AvgIpc) is 2.43. The van der Waals surface area contributed by atoms with E-state index in [4.69, 9.17) is 4.74 Å². The molecule has 2 rings (SSSR count). The highest BCUT2D eigenvalue weighted by Gasteiger charge is 2.09. The third-order valence-electron chi connectivity index (χ3n) is 2.93. The Balaban J connectivity index is 2.07. The highest BCUT2D eigenvalue weighted by Crippen LogP contribution is 2.20. The van der Waals surface area contributed by atoms with Crippen LogP contribution in [0.4, 0.5) is 4.39 Å². The first-order chi connectivity index (χ1) is 9.58. The zero-order valence-electron chi connectivity index (χ0n) is 11.0. The van der Waals surface area contributed by atoms with Gasteiger partial charge in [0.15, 0.2) is 0 Å². The second-order valence-electron chi connectivity index (χ2n) is 4.48. The molecule has 0 fully saturated rings. The SMILES string of the molecule is COc1cccc(CC(=O)Cc2cc(F)ccc2Br)c1. The number of rotatable bonds is 5. The summed E-state index contributed by atoms with van der Waals surface area (Å²) < 4.78 is 19.0. The molecule has 104 valence electrons. The van der Waals surface area contributed by atoms with E-state index in [-0.39, 0.29) is 18.0 Å². The Morgan fingerprint density at radius 3 is 2.75 bits per heavy atom. The van der Waals surface area contributed by atoms with E-state index in [1.807, 2.05) is 24.3 Å². The molecular formula is C16H14BrFO2. The van der Waals surface area contributed by atoms with Crippen molar-refractivity contribution >= 4 is 21.7 Å². The van der Waals surface area contributed by atoms with E-state index in [9.17, 15) is 9.18 Å². The normalized spacial score (nSPS) is 10.3. The van der Waals surface area contributed by atoms with Crippen LogP contribution in [-0.2, 0) is 17.6 Å². The second kappa shape index (κ2) is 6.66. The zero-order valence-corrected chi connectivity index (χ0v) is 12.6. The molecule has 0 aliphatic heterocycles. The third kappa shape index (κ3) is 3.90. The zero-order chi connectivity index (χ0) is 14.5. The van der Waals surface area contributed by atoms with Gasteiger partial charge in [0.2, 0.25) is 0 Å². The summed E-state index contributed by atoms with van der Waals surface area (Å²) >= 11 is 3.33. The van der Waals surface area contributed by atoms with Gasteiger partial charge in [-0.3, -0.25) is 4.79 Å². The van der Waals surface area contributed by atoms with E-state index in [1.54, 1.807) is 13.2 Å². The number of hydrogen-bond acceptors (Lipinski definition) is 2. The molecule has 0 spiro atoms. The predicted molar refractivity (Wildman–Crippen MR) is 79.5 cm³/mol. The fraction of sp³-hybridized carbons (Fsp3) is 0.188. The van der Waals surface area contributed by atoms with E-state index >= 15 is 0 Å². The van der Waals surface area contributed by atoms with Crippen LogP contribution in [-0.4, -0.2) is 12.9 Å².